The second-order valence-electron chi connectivity index (χ2n) is 17.2. The molecular weight excluding hydrogens is 685 g/mol. The highest BCUT2D eigenvalue weighted by Gasteiger charge is 2.19. The van der Waals surface area contributed by atoms with Crippen LogP contribution in [0.5, 0.6) is 0 Å². The normalized spacial score (nSPS) is 11.9. The predicted molar refractivity (Wildman–Crippen MR) is 233 cm³/mol. The number of unbranched alkanes of at least 4 members (excludes halogenated alkanes) is 31. The van der Waals surface area contributed by atoms with Crippen LogP contribution < -0.4 is 0 Å². The molecule has 0 aliphatic heterocycles. The molecule has 0 unspecified atom stereocenters. The fraction of sp³-hybridized carbons (Fsp3) is 0.939. The van der Waals surface area contributed by atoms with Crippen molar-refractivity contribution in [3.05, 3.63) is 0 Å². The van der Waals surface area contributed by atoms with E-state index in [1.165, 1.54) is 161 Å². The van der Waals surface area contributed by atoms with E-state index in [0.29, 0.717) is 19.3 Å². The lowest BCUT2D eigenvalue weighted by molar-refractivity contribution is -0.167. The molecule has 326 valence electrons. The minimum Gasteiger partial charge on any atom is -0.462 e. The molecule has 0 spiro atoms. The van der Waals surface area contributed by atoms with Crippen LogP contribution in [0.2, 0.25) is 0 Å². The molecule has 0 aromatic carbocycles. The Hall–Kier alpha value is -1.59. The van der Waals surface area contributed by atoms with Gasteiger partial charge < -0.3 is 14.2 Å². The molecule has 0 aromatic heterocycles. The van der Waals surface area contributed by atoms with Crippen LogP contribution >= 0.6 is 0 Å². The van der Waals surface area contributed by atoms with Crippen molar-refractivity contribution in [2.75, 3.05) is 13.2 Å². The van der Waals surface area contributed by atoms with Crippen molar-refractivity contribution in [1.29, 1.82) is 0 Å². The molecule has 0 N–H and O–H groups in total. The molecule has 1 atom stereocenters. The van der Waals surface area contributed by atoms with Crippen LogP contribution in [0.25, 0.3) is 0 Å². The molecule has 0 saturated carbocycles. The number of ether oxygens (including phenoxy) is 3. The van der Waals surface area contributed by atoms with E-state index < -0.39 is 6.10 Å². The van der Waals surface area contributed by atoms with Crippen molar-refractivity contribution >= 4 is 17.9 Å². The number of carbonyl (C=O) groups is 3. The van der Waals surface area contributed by atoms with Crippen molar-refractivity contribution < 1.29 is 28.6 Å². The van der Waals surface area contributed by atoms with Gasteiger partial charge in [-0.15, -0.1) is 0 Å². The van der Waals surface area contributed by atoms with Gasteiger partial charge in [-0.3, -0.25) is 14.4 Å². The van der Waals surface area contributed by atoms with Gasteiger partial charge in [0.25, 0.3) is 0 Å². The first-order valence-corrected chi connectivity index (χ1v) is 24.4. The summed E-state index contributed by atoms with van der Waals surface area (Å²) in [5, 5.41) is 0. The topological polar surface area (TPSA) is 78.9 Å². The second kappa shape index (κ2) is 43.5. The third-order valence-electron chi connectivity index (χ3n) is 11.0. The van der Waals surface area contributed by atoms with Gasteiger partial charge in [-0.1, -0.05) is 233 Å². The minimum atomic E-state index is -0.758. The number of esters is 3. The van der Waals surface area contributed by atoms with Gasteiger partial charge in [0.2, 0.25) is 0 Å². The van der Waals surface area contributed by atoms with E-state index in [1.807, 2.05) is 0 Å². The molecule has 0 aliphatic rings. The highest BCUT2D eigenvalue weighted by molar-refractivity contribution is 5.71. The third kappa shape index (κ3) is 43.4. The molecule has 0 bridgehead atoms. The third-order valence-corrected chi connectivity index (χ3v) is 11.0. The van der Waals surface area contributed by atoms with E-state index in [2.05, 4.69) is 27.7 Å². The largest absolute Gasteiger partial charge is 0.462 e. The molecule has 6 nitrogen and oxygen atoms in total. The summed E-state index contributed by atoms with van der Waals surface area (Å²) in [4.78, 5) is 37.5. The zero-order chi connectivity index (χ0) is 40.3. The van der Waals surface area contributed by atoms with Crippen LogP contribution in [0.3, 0.4) is 0 Å². The second-order valence-corrected chi connectivity index (χ2v) is 17.2. The lowest BCUT2D eigenvalue weighted by Crippen LogP contribution is -2.30. The summed E-state index contributed by atoms with van der Waals surface area (Å²) >= 11 is 0. The highest BCUT2D eigenvalue weighted by atomic mass is 16.6. The van der Waals surface area contributed by atoms with Gasteiger partial charge in [0.15, 0.2) is 6.10 Å². The van der Waals surface area contributed by atoms with E-state index in [1.54, 1.807) is 0 Å². The summed E-state index contributed by atoms with van der Waals surface area (Å²) in [6.07, 6.45) is 44.1. The molecule has 55 heavy (non-hydrogen) atoms. The van der Waals surface area contributed by atoms with Crippen molar-refractivity contribution in [1.82, 2.24) is 0 Å². The summed E-state index contributed by atoms with van der Waals surface area (Å²) in [7, 11) is 0. The zero-order valence-electron chi connectivity index (χ0n) is 37.4. The van der Waals surface area contributed by atoms with E-state index >= 15 is 0 Å². The van der Waals surface area contributed by atoms with Crippen molar-refractivity contribution in [2.45, 2.75) is 278 Å². The van der Waals surface area contributed by atoms with Gasteiger partial charge in [-0.25, -0.2) is 0 Å². The molecule has 0 fully saturated rings. The Bertz CT molecular complexity index is 826. The maximum Gasteiger partial charge on any atom is 0.306 e. The van der Waals surface area contributed by atoms with Crippen molar-refractivity contribution in [3.8, 4) is 0 Å². The standard InChI is InChI=1S/C49H94O6/c1-5-7-9-11-12-13-14-15-16-17-18-19-23-26-29-33-36-40-47(50)53-43-46(55-49(52)42-38-31-10-8-6-2)44-54-48(51)41-37-34-30-27-24-21-20-22-25-28-32-35-39-45(3)4/h45-46H,5-44H2,1-4H3/t46-/m0/s1. The van der Waals surface area contributed by atoms with E-state index in [4.69, 9.17) is 14.2 Å². The fourth-order valence-corrected chi connectivity index (χ4v) is 7.33. The maximum atomic E-state index is 12.5. The van der Waals surface area contributed by atoms with Gasteiger partial charge >= 0.3 is 17.9 Å². The average molecular weight is 779 g/mol. The Balaban J connectivity index is 4.08. The molecular formula is C49H94O6. The van der Waals surface area contributed by atoms with Gasteiger partial charge in [-0.05, 0) is 25.2 Å². The minimum absolute atomic E-state index is 0.0647. The van der Waals surface area contributed by atoms with Crippen LogP contribution in [0, 0.1) is 5.92 Å². The summed E-state index contributed by atoms with van der Waals surface area (Å²) in [5.41, 5.74) is 0. The smallest absolute Gasteiger partial charge is 0.306 e. The lowest BCUT2D eigenvalue weighted by atomic mass is 10.0. The van der Waals surface area contributed by atoms with Crippen molar-refractivity contribution in [3.63, 3.8) is 0 Å². The predicted octanol–water partition coefficient (Wildman–Crippen LogP) is 15.5. The molecule has 6 heteroatoms. The Morgan fingerprint density at radius 1 is 0.345 bits per heavy atom. The van der Waals surface area contributed by atoms with Crippen LogP contribution in [0.1, 0.15) is 272 Å². The molecule has 0 aliphatic carbocycles. The van der Waals surface area contributed by atoms with E-state index in [0.717, 1.165) is 70.1 Å². The number of rotatable bonds is 44. The monoisotopic (exact) mass is 779 g/mol. The van der Waals surface area contributed by atoms with Gasteiger partial charge in [-0.2, -0.15) is 0 Å². The van der Waals surface area contributed by atoms with Crippen molar-refractivity contribution in [2.24, 2.45) is 5.92 Å². The summed E-state index contributed by atoms with van der Waals surface area (Å²) in [5.74, 6) is -0.0302. The molecule has 0 rings (SSSR count). The molecule has 0 radical (unpaired) electrons. The number of carbonyl (C=O) groups excluding carboxylic acids is 3. The Morgan fingerprint density at radius 2 is 0.600 bits per heavy atom. The fourth-order valence-electron chi connectivity index (χ4n) is 7.33. The van der Waals surface area contributed by atoms with Gasteiger partial charge in [0.1, 0.15) is 13.2 Å². The first-order valence-electron chi connectivity index (χ1n) is 24.4. The lowest BCUT2D eigenvalue weighted by Gasteiger charge is -2.18. The number of hydrogen-bond acceptors (Lipinski definition) is 6. The zero-order valence-corrected chi connectivity index (χ0v) is 37.4. The molecule has 0 heterocycles. The van der Waals surface area contributed by atoms with Gasteiger partial charge in [0.05, 0.1) is 0 Å². The SMILES string of the molecule is CCCCCCCCCCCCCCCCCCCC(=O)OC[C@@H](COC(=O)CCCCCCCCCCCCCCC(C)C)OC(=O)CCCCCCC. The first-order chi connectivity index (χ1) is 26.9. The Morgan fingerprint density at radius 3 is 0.891 bits per heavy atom. The molecule has 0 aromatic rings. The van der Waals surface area contributed by atoms with E-state index in [9.17, 15) is 14.4 Å². The summed E-state index contributed by atoms with van der Waals surface area (Å²) in [6.45, 7) is 8.94. The molecule has 0 saturated heterocycles. The average Bonchev–Trinajstić information content (AvgIpc) is 3.17. The van der Waals surface area contributed by atoms with Crippen LogP contribution in [-0.2, 0) is 28.6 Å². The Labute approximate surface area is 342 Å². The molecule has 0 amide bonds. The highest BCUT2D eigenvalue weighted by Crippen LogP contribution is 2.17. The Kier molecular flexibility index (Phi) is 42.3. The summed E-state index contributed by atoms with van der Waals surface area (Å²) < 4.78 is 16.6. The maximum absolute atomic E-state index is 12.5. The van der Waals surface area contributed by atoms with Crippen LogP contribution in [-0.4, -0.2) is 37.2 Å². The van der Waals surface area contributed by atoms with Gasteiger partial charge in [0, 0.05) is 19.3 Å². The van der Waals surface area contributed by atoms with Crippen LogP contribution in [0.4, 0.5) is 0 Å². The van der Waals surface area contributed by atoms with Crippen LogP contribution in [0.15, 0.2) is 0 Å². The number of hydrogen-bond donors (Lipinski definition) is 0. The van der Waals surface area contributed by atoms with E-state index in [-0.39, 0.29) is 31.1 Å². The summed E-state index contributed by atoms with van der Waals surface area (Å²) in [6, 6.07) is 0. The first kappa shape index (κ1) is 53.4. The quantitative estimate of drug-likeness (QED) is 0.0348.